The molecular weight excluding hydrogens is 320 g/mol. The fourth-order valence-corrected chi connectivity index (χ4v) is 2.20. The van der Waals surface area contributed by atoms with Crippen LogP contribution in [0.15, 0.2) is 46.9 Å². The molecule has 0 heterocycles. The third-order valence-corrected chi connectivity index (χ3v) is 3.54. The first-order valence-electron chi connectivity index (χ1n) is 5.86. The molecule has 20 heavy (non-hydrogen) atoms. The van der Waals surface area contributed by atoms with Gasteiger partial charge in [0.15, 0.2) is 0 Å². The van der Waals surface area contributed by atoms with Crippen LogP contribution in [0.3, 0.4) is 0 Å². The summed E-state index contributed by atoms with van der Waals surface area (Å²) in [5, 5.41) is 20.8. The molecule has 0 aliphatic rings. The molecular formula is C15H11BrN2O2. The quantitative estimate of drug-likeness (QED) is 0.897. The molecule has 0 unspecified atom stereocenters. The van der Waals surface area contributed by atoms with Gasteiger partial charge in [0.05, 0.1) is 17.2 Å². The maximum Gasteiger partial charge on any atom is 0.335 e. The average molecular weight is 331 g/mol. The van der Waals surface area contributed by atoms with Gasteiger partial charge >= 0.3 is 5.97 Å². The third kappa shape index (κ3) is 3.37. The molecule has 0 saturated carbocycles. The van der Waals surface area contributed by atoms with Gasteiger partial charge in [0.1, 0.15) is 0 Å². The number of carboxylic acid groups (broad SMARTS) is 1. The normalized spacial score (nSPS) is 9.80. The van der Waals surface area contributed by atoms with E-state index >= 15 is 0 Å². The Balaban J connectivity index is 2.07. The Hall–Kier alpha value is -2.32. The molecule has 0 bridgehead atoms. The Bertz CT molecular complexity index is 675. The van der Waals surface area contributed by atoms with E-state index in [0.29, 0.717) is 12.1 Å². The molecule has 2 N–H and O–H groups in total. The number of rotatable bonds is 4. The lowest BCUT2D eigenvalue weighted by Gasteiger charge is -2.09. The molecule has 0 aromatic heterocycles. The van der Waals surface area contributed by atoms with Gasteiger partial charge in [0, 0.05) is 16.7 Å². The van der Waals surface area contributed by atoms with Gasteiger partial charge in [0.2, 0.25) is 0 Å². The van der Waals surface area contributed by atoms with E-state index in [0.717, 1.165) is 15.7 Å². The lowest BCUT2D eigenvalue weighted by Crippen LogP contribution is -2.02. The number of nitrogens with one attached hydrogen (secondary N) is 1. The fraction of sp³-hybridized carbons (Fsp3) is 0.0667. The summed E-state index contributed by atoms with van der Waals surface area (Å²) in [5.74, 6) is -0.947. The van der Waals surface area contributed by atoms with Gasteiger partial charge in [-0.15, -0.1) is 0 Å². The monoisotopic (exact) mass is 330 g/mol. The minimum Gasteiger partial charge on any atom is -0.478 e. The van der Waals surface area contributed by atoms with Gasteiger partial charge in [-0.05, 0) is 42.0 Å². The van der Waals surface area contributed by atoms with Crippen molar-refractivity contribution in [3.63, 3.8) is 0 Å². The molecule has 0 fully saturated rings. The molecule has 2 aromatic rings. The second-order valence-corrected chi connectivity index (χ2v) is 5.01. The van der Waals surface area contributed by atoms with Gasteiger partial charge in [-0.3, -0.25) is 0 Å². The first-order chi connectivity index (χ1) is 9.60. The van der Waals surface area contributed by atoms with Crippen molar-refractivity contribution in [3.8, 4) is 6.07 Å². The van der Waals surface area contributed by atoms with E-state index in [9.17, 15) is 4.79 Å². The number of halogens is 1. The van der Waals surface area contributed by atoms with E-state index in [2.05, 4.69) is 27.3 Å². The van der Waals surface area contributed by atoms with Crippen LogP contribution in [0.2, 0.25) is 0 Å². The zero-order valence-electron chi connectivity index (χ0n) is 10.4. The number of nitrogens with zero attached hydrogens (tertiary/aromatic N) is 1. The zero-order valence-corrected chi connectivity index (χ0v) is 12.0. The van der Waals surface area contributed by atoms with Crippen molar-refractivity contribution in [1.82, 2.24) is 0 Å². The van der Waals surface area contributed by atoms with Gasteiger partial charge < -0.3 is 10.4 Å². The minimum absolute atomic E-state index is 0.249. The van der Waals surface area contributed by atoms with Crippen LogP contribution < -0.4 is 5.32 Å². The number of anilines is 1. The molecule has 0 amide bonds. The predicted molar refractivity (Wildman–Crippen MR) is 79.6 cm³/mol. The number of hydrogen-bond donors (Lipinski definition) is 2. The van der Waals surface area contributed by atoms with Crippen LogP contribution in [0.25, 0.3) is 0 Å². The average Bonchev–Trinajstić information content (AvgIpc) is 2.46. The first kappa shape index (κ1) is 14.1. The van der Waals surface area contributed by atoms with Gasteiger partial charge in [-0.25, -0.2) is 4.79 Å². The minimum atomic E-state index is -0.947. The summed E-state index contributed by atoms with van der Waals surface area (Å²) in [5.41, 5.74) is 2.72. The largest absolute Gasteiger partial charge is 0.478 e. The highest BCUT2D eigenvalue weighted by Crippen LogP contribution is 2.20. The highest BCUT2D eigenvalue weighted by Gasteiger charge is 2.06. The lowest BCUT2D eigenvalue weighted by molar-refractivity contribution is 0.0697. The summed E-state index contributed by atoms with van der Waals surface area (Å²) in [7, 11) is 0. The third-order valence-electron chi connectivity index (χ3n) is 2.80. The Labute approximate surface area is 124 Å². The van der Waals surface area contributed by atoms with Crippen molar-refractivity contribution in [2.24, 2.45) is 0 Å². The maximum absolute atomic E-state index is 10.8. The summed E-state index contributed by atoms with van der Waals surface area (Å²) in [6, 6.07) is 14.1. The maximum atomic E-state index is 10.8. The smallest absolute Gasteiger partial charge is 0.335 e. The second-order valence-electron chi connectivity index (χ2n) is 4.15. The number of carbonyl (C=O) groups is 1. The summed E-state index contributed by atoms with van der Waals surface area (Å²) in [4.78, 5) is 10.8. The predicted octanol–water partition coefficient (Wildman–Crippen LogP) is 3.63. The Morgan fingerprint density at radius 3 is 2.50 bits per heavy atom. The van der Waals surface area contributed by atoms with Crippen molar-refractivity contribution in [1.29, 1.82) is 5.26 Å². The Morgan fingerprint density at radius 2 is 1.95 bits per heavy atom. The first-order valence-corrected chi connectivity index (χ1v) is 6.65. The number of benzene rings is 2. The standard InChI is InChI=1S/C15H11BrN2O2/c16-14-7-11(15(19)20)3-4-12(14)9-18-13-5-1-10(8-17)2-6-13/h1-7,18H,9H2,(H,19,20). The molecule has 0 spiro atoms. The summed E-state index contributed by atoms with van der Waals surface area (Å²) >= 11 is 3.37. The molecule has 100 valence electrons. The van der Waals surface area contributed by atoms with Crippen LogP contribution in [0.5, 0.6) is 0 Å². The van der Waals surface area contributed by atoms with Crippen LogP contribution in [0.4, 0.5) is 5.69 Å². The van der Waals surface area contributed by atoms with E-state index in [4.69, 9.17) is 10.4 Å². The van der Waals surface area contributed by atoms with E-state index in [1.807, 2.05) is 12.1 Å². The lowest BCUT2D eigenvalue weighted by atomic mass is 10.1. The molecule has 0 atom stereocenters. The molecule has 0 aliphatic carbocycles. The molecule has 2 aromatic carbocycles. The van der Waals surface area contributed by atoms with Crippen LogP contribution >= 0.6 is 15.9 Å². The number of nitriles is 1. The molecule has 4 nitrogen and oxygen atoms in total. The van der Waals surface area contributed by atoms with Gasteiger partial charge in [0.25, 0.3) is 0 Å². The van der Waals surface area contributed by atoms with Gasteiger partial charge in [-0.2, -0.15) is 5.26 Å². The van der Waals surface area contributed by atoms with Crippen molar-refractivity contribution in [3.05, 3.63) is 63.6 Å². The number of hydrogen-bond acceptors (Lipinski definition) is 3. The zero-order chi connectivity index (χ0) is 14.5. The number of aromatic carboxylic acids is 1. The molecule has 0 aliphatic heterocycles. The van der Waals surface area contributed by atoms with Crippen LogP contribution in [0, 0.1) is 11.3 Å². The molecule has 0 saturated heterocycles. The summed E-state index contributed by atoms with van der Waals surface area (Å²) < 4.78 is 0.749. The van der Waals surface area contributed by atoms with Crippen molar-refractivity contribution < 1.29 is 9.90 Å². The molecule has 5 heteroatoms. The highest BCUT2D eigenvalue weighted by molar-refractivity contribution is 9.10. The second kappa shape index (κ2) is 6.22. The van der Waals surface area contributed by atoms with E-state index in [1.54, 1.807) is 30.3 Å². The fourth-order valence-electron chi connectivity index (χ4n) is 1.68. The Kier molecular flexibility index (Phi) is 4.38. The summed E-state index contributed by atoms with van der Waals surface area (Å²) in [6.45, 7) is 0.562. The van der Waals surface area contributed by atoms with Gasteiger partial charge in [-0.1, -0.05) is 22.0 Å². The van der Waals surface area contributed by atoms with E-state index in [1.165, 1.54) is 0 Å². The van der Waals surface area contributed by atoms with E-state index in [-0.39, 0.29) is 5.56 Å². The Morgan fingerprint density at radius 1 is 1.25 bits per heavy atom. The number of carboxylic acids is 1. The van der Waals surface area contributed by atoms with Crippen LogP contribution in [-0.2, 0) is 6.54 Å². The molecule has 2 rings (SSSR count). The summed E-state index contributed by atoms with van der Waals surface area (Å²) in [6.07, 6.45) is 0. The molecule has 0 radical (unpaired) electrons. The van der Waals surface area contributed by atoms with Crippen molar-refractivity contribution in [2.75, 3.05) is 5.32 Å². The van der Waals surface area contributed by atoms with Crippen molar-refractivity contribution >= 4 is 27.6 Å². The highest BCUT2D eigenvalue weighted by atomic mass is 79.9. The van der Waals surface area contributed by atoms with Crippen LogP contribution in [-0.4, -0.2) is 11.1 Å². The van der Waals surface area contributed by atoms with E-state index < -0.39 is 5.97 Å². The SMILES string of the molecule is N#Cc1ccc(NCc2ccc(C(=O)O)cc2Br)cc1. The van der Waals surface area contributed by atoms with Crippen LogP contribution in [0.1, 0.15) is 21.5 Å². The topological polar surface area (TPSA) is 73.1 Å². The van der Waals surface area contributed by atoms with Crippen molar-refractivity contribution in [2.45, 2.75) is 6.54 Å².